The van der Waals surface area contributed by atoms with Crippen molar-refractivity contribution in [3.05, 3.63) is 52.2 Å². The molecule has 0 nitrogen and oxygen atoms in total. The molecule has 0 radical (unpaired) electrons. The fourth-order valence-electron chi connectivity index (χ4n) is 2.07. The zero-order valence-corrected chi connectivity index (χ0v) is 14.1. The Hall–Kier alpha value is -1.03. The van der Waals surface area contributed by atoms with Gasteiger partial charge in [0.2, 0.25) is 21.1 Å². The summed E-state index contributed by atoms with van der Waals surface area (Å²) in [6, 6.07) is 15.6. The summed E-state index contributed by atoms with van der Waals surface area (Å²) in [7, 11) is 0. The molecule has 20 heavy (non-hydrogen) atoms. The average molecular weight is 318 g/mol. The van der Waals surface area contributed by atoms with Crippen LogP contribution in [0.3, 0.4) is 0 Å². The first-order valence-corrected chi connectivity index (χ1v) is 9.36. The predicted molar refractivity (Wildman–Crippen MR) is 94.1 cm³/mol. The molecule has 0 spiro atoms. The number of aryl methyl sites for hydroxylation is 2. The van der Waals surface area contributed by atoms with Gasteiger partial charge in [0.05, 0.1) is 9.75 Å². The van der Waals surface area contributed by atoms with Crippen LogP contribution in [0, 0.1) is 0 Å². The Morgan fingerprint density at radius 2 is 1.25 bits per heavy atom. The van der Waals surface area contributed by atoms with E-state index in [0.717, 1.165) is 12.8 Å². The van der Waals surface area contributed by atoms with Crippen LogP contribution < -0.4 is 0 Å². The van der Waals surface area contributed by atoms with Gasteiger partial charge in [-0.25, -0.2) is 0 Å². The molecule has 0 saturated carbocycles. The monoisotopic (exact) mass is 317 g/mol. The molecule has 0 amide bonds. The van der Waals surface area contributed by atoms with Gasteiger partial charge >= 0.3 is 0 Å². The molecule has 0 atom stereocenters. The quantitative estimate of drug-likeness (QED) is 0.475. The summed E-state index contributed by atoms with van der Waals surface area (Å²) in [5.74, 6) is 0. The van der Waals surface area contributed by atoms with E-state index in [1.807, 2.05) is 34.0 Å². The van der Waals surface area contributed by atoms with Gasteiger partial charge in [0.1, 0.15) is 0 Å². The zero-order valence-electron chi connectivity index (χ0n) is 11.7. The van der Waals surface area contributed by atoms with Crippen LogP contribution in [0.2, 0.25) is 0 Å². The van der Waals surface area contributed by atoms with Gasteiger partial charge in [-0.2, -0.15) is 0 Å². The largest absolute Gasteiger partial charge is 0.248 e. The Bertz CT molecular complexity index is 649. The molecule has 0 N–H and O–H groups in total. The molecule has 3 aromatic heterocycles. The Kier molecular flexibility index (Phi) is 4.29. The second-order valence-corrected chi connectivity index (χ2v) is 8.02. The van der Waals surface area contributed by atoms with Gasteiger partial charge < -0.3 is 0 Å². The van der Waals surface area contributed by atoms with Crippen molar-refractivity contribution in [1.82, 2.24) is 0 Å². The highest BCUT2D eigenvalue weighted by Gasteiger charge is 2.18. The summed E-state index contributed by atoms with van der Waals surface area (Å²) >= 11 is 5.72. The molecule has 102 valence electrons. The third-order valence-electron chi connectivity index (χ3n) is 3.22. The first-order valence-electron chi connectivity index (χ1n) is 6.91. The van der Waals surface area contributed by atoms with Gasteiger partial charge in [0.25, 0.3) is 0 Å². The SMILES string of the molecule is CCc1ccc(-c2cccc(-c3ccc(CC)s3)[s+]2)s1. The maximum Gasteiger partial charge on any atom is 0.248 e. The molecule has 0 aromatic carbocycles. The van der Waals surface area contributed by atoms with Gasteiger partial charge in [-0.1, -0.05) is 19.9 Å². The van der Waals surface area contributed by atoms with Crippen LogP contribution in [-0.4, -0.2) is 0 Å². The lowest BCUT2D eigenvalue weighted by Gasteiger charge is -1.89. The zero-order chi connectivity index (χ0) is 13.9. The standard InChI is InChI=1S/C17H17S3/c1-3-12-8-10-16(18-12)14-6-5-7-15(20-14)17-11-9-13(4-2)19-17/h5-11H,3-4H2,1-2H3/q+1. The third kappa shape index (κ3) is 2.85. The van der Waals surface area contributed by atoms with Crippen LogP contribution in [0.1, 0.15) is 23.6 Å². The minimum atomic E-state index is 1.12. The topological polar surface area (TPSA) is 0 Å². The lowest BCUT2D eigenvalue weighted by Crippen LogP contribution is -1.71. The van der Waals surface area contributed by atoms with Crippen molar-refractivity contribution in [1.29, 1.82) is 0 Å². The van der Waals surface area contributed by atoms with E-state index in [4.69, 9.17) is 0 Å². The Labute approximate surface area is 132 Å². The number of hydrogen-bond acceptors (Lipinski definition) is 2. The molecule has 0 aliphatic carbocycles. The fraction of sp³-hybridized carbons (Fsp3) is 0.235. The lowest BCUT2D eigenvalue weighted by molar-refractivity contribution is 1.19. The van der Waals surface area contributed by atoms with Crippen molar-refractivity contribution in [2.45, 2.75) is 26.7 Å². The first-order chi connectivity index (χ1) is 9.80. The maximum absolute atomic E-state index is 2.25. The van der Waals surface area contributed by atoms with E-state index in [2.05, 4.69) is 56.3 Å². The Morgan fingerprint density at radius 1 is 0.750 bits per heavy atom. The molecule has 0 aliphatic rings. The summed E-state index contributed by atoms with van der Waals surface area (Å²) in [4.78, 5) is 8.45. The van der Waals surface area contributed by atoms with E-state index in [9.17, 15) is 0 Å². The molecular formula is C17H17S3+. The van der Waals surface area contributed by atoms with Crippen LogP contribution >= 0.6 is 34.0 Å². The summed E-state index contributed by atoms with van der Waals surface area (Å²) < 4.78 is 0. The lowest BCUT2D eigenvalue weighted by atomic mass is 10.3. The van der Waals surface area contributed by atoms with Gasteiger partial charge in [-0.15, -0.1) is 22.7 Å². The van der Waals surface area contributed by atoms with E-state index in [-0.39, 0.29) is 0 Å². The van der Waals surface area contributed by atoms with Gasteiger partial charge in [0.15, 0.2) is 0 Å². The summed E-state index contributed by atoms with van der Waals surface area (Å²) in [6.45, 7) is 4.43. The minimum Gasteiger partial charge on any atom is -0.135 e. The molecule has 3 heterocycles. The van der Waals surface area contributed by atoms with E-state index < -0.39 is 0 Å². The number of rotatable bonds is 4. The second kappa shape index (κ2) is 6.17. The average Bonchev–Trinajstić information content (AvgIpc) is 3.16. The molecule has 0 aliphatic heterocycles. The van der Waals surface area contributed by atoms with E-state index in [0.29, 0.717) is 0 Å². The molecule has 0 saturated heterocycles. The van der Waals surface area contributed by atoms with Crippen molar-refractivity contribution < 1.29 is 0 Å². The summed E-state index contributed by atoms with van der Waals surface area (Å²) in [5, 5.41) is 0. The maximum atomic E-state index is 2.25. The van der Waals surface area contributed by atoms with Crippen molar-refractivity contribution >= 4 is 34.0 Å². The van der Waals surface area contributed by atoms with E-state index in [1.165, 1.54) is 29.3 Å². The molecular weight excluding hydrogens is 300 g/mol. The smallest absolute Gasteiger partial charge is 0.135 e. The highest BCUT2D eigenvalue weighted by molar-refractivity contribution is 7.26. The normalized spacial score (nSPS) is 10.9. The van der Waals surface area contributed by atoms with Gasteiger partial charge in [-0.05, 0) is 37.1 Å². The Balaban J connectivity index is 1.96. The van der Waals surface area contributed by atoms with Crippen molar-refractivity contribution in [2.75, 3.05) is 0 Å². The van der Waals surface area contributed by atoms with Crippen LogP contribution in [0.4, 0.5) is 0 Å². The van der Waals surface area contributed by atoms with Gasteiger partial charge in [0, 0.05) is 21.9 Å². The molecule has 3 heteroatoms. The predicted octanol–water partition coefficient (Wildman–Crippen LogP) is 6.61. The van der Waals surface area contributed by atoms with Gasteiger partial charge in [-0.3, -0.25) is 0 Å². The van der Waals surface area contributed by atoms with Crippen LogP contribution in [0.15, 0.2) is 42.5 Å². The molecule has 0 unspecified atom stereocenters. The highest BCUT2D eigenvalue weighted by Crippen LogP contribution is 2.38. The highest BCUT2D eigenvalue weighted by atomic mass is 32.1. The number of thiophene rings is 2. The molecule has 0 bridgehead atoms. The van der Waals surface area contributed by atoms with Crippen LogP contribution in [0.5, 0.6) is 0 Å². The van der Waals surface area contributed by atoms with Crippen molar-refractivity contribution in [2.24, 2.45) is 0 Å². The number of hydrogen-bond donors (Lipinski definition) is 0. The van der Waals surface area contributed by atoms with Crippen LogP contribution in [-0.2, 0) is 12.8 Å². The fourth-order valence-corrected chi connectivity index (χ4v) is 5.18. The van der Waals surface area contributed by atoms with Crippen molar-refractivity contribution in [3.63, 3.8) is 0 Å². The second-order valence-electron chi connectivity index (χ2n) is 4.60. The van der Waals surface area contributed by atoms with Crippen molar-refractivity contribution in [3.8, 4) is 19.5 Å². The first kappa shape index (κ1) is 13.9. The summed E-state index contributed by atoms with van der Waals surface area (Å²) in [6.07, 6.45) is 2.25. The summed E-state index contributed by atoms with van der Waals surface area (Å²) in [5.41, 5.74) is 0. The molecule has 0 fully saturated rings. The third-order valence-corrected chi connectivity index (χ3v) is 7.16. The van der Waals surface area contributed by atoms with E-state index >= 15 is 0 Å². The van der Waals surface area contributed by atoms with Crippen LogP contribution in [0.25, 0.3) is 19.5 Å². The minimum absolute atomic E-state index is 1.12. The van der Waals surface area contributed by atoms with E-state index in [1.54, 1.807) is 0 Å². The molecule has 3 aromatic rings. The molecule has 3 rings (SSSR count). The Morgan fingerprint density at radius 3 is 1.65 bits per heavy atom.